The first-order valence-electron chi connectivity index (χ1n) is 8.45. The Hall–Kier alpha value is -1.59. The zero-order valence-corrected chi connectivity index (χ0v) is 15.1. The second-order valence-electron chi connectivity index (χ2n) is 5.78. The summed E-state index contributed by atoms with van der Waals surface area (Å²) in [6, 6.07) is 7.16. The van der Waals surface area contributed by atoms with E-state index in [4.69, 9.17) is 4.74 Å². The minimum absolute atomic E-state index is 0. The minimum atomic E-state index is 0. The highest BCUT2D eigenvalue weighted by Crippen LogP contribution is 2.15. The van der Waals surface area contributed by atoms with Crippen molar-refractivity contribution in [2.45, 2.75) is 32.6 Å². The van der Waals surface area contributed by atoms with E-state index in [1.54, 1.807) is 12.1 Å². The molecule has 1 heterocycles. The molecular formula is C18H27ClN2O3. The number of ketones is 1. The van der Waals surface area contributed by atoms with E-state index in [0.717, 1.165) is 44.8 Å². The smallest absolute Gasteiger partial charge is 0.223 e. The van der Waals surface area contributed by atoms with Gasteiger partial charge < -0.3 is 15.0 Å². The normalized spacial score (nSPS) is 14.5. The lowest BCUT2D eigenvalue weighted by Gasteiger charge is -2.19. The first-order valence-corrected chi connectivity index (χ1v) is 8.45. The molecule has 2 rings (SSSR count). The molecule has 0 atom stereocenters. The Kier molecular flexibility index (Phi) is 9.42. The van der Waals surface area contributed by atoms with Gasteiger partial charge in [0.15, 0.2) is 5.78 Å². The predicted octanol–water partition coefficient (Wildman–Crippen LogP) is 2.68. The van der Waals surface area contributed by atoms with E-state index in [0.29, 0.717) is 12.2 Å². The number of halogens is 1. The number of ether oxygens (including phenoxy) is 1. The lowest BCUT2D eigenvalue weighted by atomic mass is 10.1. The van der Waals surface area contributed by atoms with E-state index in [1.165, 1.54) is 0 Å². The van der Waals surface area contributed by atoms with Gasteiger partial charge in [-0.1, -0.05) is 6.92 Å². The van der Waals surface area contributed by atoms with Crippen LogP contribution in [0.15, 0.2) is 24.3 Å². The van der Waals surface area contributed by atoms with E-state index < -0.39 is 0 Å². The molecule has 1 fully saturated rings. The number of amides is 1. The lowest BCUT2D eigenvalue weighted by molar-refractivity contribution is -0.130. The summed E-state index contributed by atoms with van der Waals surface area (Å²) in [5.41, 5.74) is 0.638. The van der Waals surface area contributed by atoms with Crippen LogP contribution in [0.4, 0.5) is 0 Å². The van der Waals surface area contributed by atoms with Crippen LogP contribution >= 0.6 is 12.4 Å². The largest absolute Gasteiger partial charge is 0.494 e. The highest BCUT2D eigenvalue weighted by atomic mass is 35.5. The fourth-order valence-corrected chi connectivity index (χ4v) is 2.58. The molecule has 1 amide bonds. The third kappa shape index (κ3) is 6.49. The summed E-state index contributed by atoms with van der Waals surface area (Å²) in [6.45, 7) is 6.02. The molecule has 1 saturated heterocycles. The maximum Gasteiger partial charge on any atom is 0.223 e. The van der Waals surface area contributed by atoms with Gasteiger partial charge in [0, 0.05) is 38.0 Å². The van der Waals surface area contributed by atoms with E-state index in [2.05, 4.69) is 12.2 Å². The van der Waals surface area contributed by atoms with Crippen molar-refractivity contribution in [3.8, 4) is 5.75 Å². The van der Waals surface area contributed by atoms with Crippen LogP contribution in [0.5, 0.6) is 5.75 Å². The maximum atomic E-state index is 12.2. The Balaban J connectivity index is 0.00000288. The number of nitrogens with zero attached hydrogens (tertiary/aromatic N) is 1. The molecule has 0 aromatic heterocycles. The highest BCUT2D eigenvalue weighted by Gasteiger charge is 2.16. The molecule has 1 aliphatic heterocycles. The van der Waals surface area contributed by atoms with Gasteiger partial charge in [0.2, 0.25) is 5.91 Å². The second-order valence-corrected chi connectivity index (χ2v) is 5.78. The van der Waals surface area contributed by atoms with Gasteiger partial charge >= 0.3 is 0 Å². The summed E-state index contributed by atoms with van der Waals surface area (Å²) < 4.78 is 5.50. The van der Waals surface area contributed by atoms with Crippen LogP contribution in [-0.2, 0) is 4.79 Å². The first kappa shape index (κ1) is 20.5. The van der Waals surface area contributed by atoms with Crippen molar-refractivity contribution in [2.75, 3.05) is 32.8 Å². The van der Waals surface area contributed by atoms with Crippen LogP contribution in [0.25, 0.3) is 0 Å². The monoisotopic (exact) mass is 354 g/mol. The van der Waals surface area contributed by atoms with Crippen LogP contribution in [-0.4, -0.2) is 49.4 Å². The van der Waals surface area contributed by atoms with Crippen molar-refractivity contribution in [3.05, 3.63) is 29.8 Å². The molecule has 0 aliphatic carbocycles. The summed E-state index contributed by atoms with van der Waals surface area (Å²) in [5.74, 6) is 0.856. The third-order valence-electron chi connectivity index (χ3n) is 3.91. The van der Waals surface area contributed by atoms with Gasteiger partial charge in [-0.2, -0.15) is 0 Å². The topological polar surface area (TPSA) is 58.6 Å². The van der Waals surface area contributed by atoms with Crippen LogP contribution < -0.4 is 10.1 Å². The molecule has 0 unspecified atom stereocenters. The second kappa shape index (κ2) is 11.0. The van der Waals surface area contributed by atoms with Gasteiger partial charge in [-0.25, -0.2) is 0 Å². The maximum absolute atomic E-state index is 12.2. The first-order chi connectivity index (χ1) is 11.2. The van der Waals surface area contributed by atoms with Crippen LogP contribution in [0.2, 0.25) is 0 Å². The van der Waals surface area contributed by atoms with Gasteiger partial charge in [0.25, 0.3) is 0 Å². The lowest BCUT2D eigenvalue weighted by Crippen LogP contribution is -2.34. The molecule has 134 valence electrons. The number of Topliss-reactive ketones (excluding diaryl/α,β-unsaturated/α-hetero) is 1. The Morgan fingerprint density at radius 2 is 1.88 bits per heavy atom. The average molecular weight is 355 g/mol. The van der Waals surface area contributed by atoms with E-state index in [-0.39, 0.29) is 36.9 Å². The number of carbonyl (C=O) groups excluding carboxylic acids is 2. The Bertz CT molecular complexity index is 512. The summed E-state index contributed by atoms with van der Waals surface area (Å²) in [4.78, 5) is 26.2. The molecule has 0 radical (unpaired) electrons. The molecular weight excluding hydrogens is 328 g/mol. The fraction of sp³-hybridized carbons (Fsp3) is 0.556. The minimum Gasteiger partial charge on any atom is -0.494 e. The third-order valence-corrected chi connectivity index (χ3v) is 3.91. The molecule has 1 aromatic rings. The summed E-state index contributed by atoms with van der Waals surface area (Å²) in [5, 5.41) is 3.27. The van der Waals surface area contributed by atoms with E-state index >= 15 is 0 Å². The van der Waals surface area contributed by atoms with Gasteiger partial charge in [0.05, 0.1) is 6.61 Å². The van der Waals surface area contributed by atoms with Crippen molar-refractivity contribution in [1.29, 1.82) is 0 Å². The number of hydrogen-bond acceptors (Lipinski definition) is 4. The number of benzene rings is 1. The molecule has 6 heteroatoms. The molecule has 5 nitrogen and oxygen atoms in total. The zero-order chi connectivity index (χ0) is 16.5. The zero-order valence-electron chi connectivity index (χ0n) is 14.3. The summed E-state index contributed by atoms with van der Waals surface area (Å²) >= 11 is 0. The van der Waals surface area contributed by atoms with Crippen molar-refractivity contribution in [1.82, 2.24) is 10.2 Å². The molecule has 0 spiro atoms. The van der Waals surface area contributed by atoms with Crippen LogP contribution in [0.1, 0.15) is 43.0 Å². The summed E-state index contributed by atoms with van der Waals surface area (Å²) in [6.07, 6.45) is 2.47. The van der Waals surface area contributed by atoms with Crippen molar-refractivity contribution < 1.29 is 14.3 Å². The van der Waals surface area contributed by atoms with E-state index in [9.17, 15) is 9.59 Å². The van der Waals surface area contributed by atoms with Crippen molar-refractivity contribution >= 4 is 24.1 Å². The SMILES string of the molecule is CCCOc1ccc(C(=O)CCC(=O)N2CCCNCC2)cc1.Cl. The number of nitrogens with one attached hydrogen (secondary N) is 1. The molecule has 24 heavy (non-hydrogen) atoms. The molecule has 0 bridgehead atoms. The molecule has 1 N–H and O–H groups in total. The molecule has 1 aromatic carbocycles. The highest BCUT2D eigenvalue weighted by molar-refractivity contribution is 5.98. The fourth-order valence-electron chi connectivity index (χ4n) is 2.58. The van der Waals surface area contributed by atoms with Gasteiger partial charge in [-0.05, 0) is 43.7 Å². The molecule has 1 aliphatic rings. The Morgan fingerprint density at radius 1 is 1.12 bits per heavy atom. The van der Waals surface area contributed by atoms with Crippen LogP contribution in [0, 0.1) is 0 Å². The number of rotatable bonds is 7. The van der Waals surface area contributed by atoms with Crippen LogP contribution in [0.3, 0.4) is 0 Å². The Morgan fingerprint density at radius 3 is 2.58 bits per heavy atom. The number of hydrogen-bond donors (Lipinski definition) is 1. The van der Waals surface area contributed by atoms with E-state index in [1.807, 2.05) is 17.0 Å². The average Bonchev–Trinajstić information content (AvgIpc) is 2.87. The Labute approximate surface area is 150 Å². The quantitative estimate of drug-likeness (QED) is 0.765. The van der Waals surface area contributed by atoms with Gasteiger partial charge in [-0.15, -0.1) is 12.4 Å². The van der Waals surface area contributed by atoms with Gasteiger partial charge in [-0.3, -0.25) is 9.59 Å². The standard InChI is InChI=1S/C18H26N2O3.ClH/c1-2-14-23-16-6-4-15(5-7-16)17(21)8-9-18(22)20-12-3-10-19-11-13-20;/h4-7,19H,2-3,8-14H2,1H3;1H. The van der Waals surface area contributed by atoms with Crippen molar-refractivity contribution in [2.24, 2.45) is 0 Å². The summed E-state index contributed by atoms with van der Waals surface area (Å²) in [7, 11) is 0. The van der Waals surface area contributed by atoms with Gasteiger partial charge in [0.1, 0.15) is 5.75 Å². The van der Waals surface area contributed by atoms with Crippen molar-refractivity contribution in [3.63, 3.8) is 0 Å². The predicted molar refractivity (Wildman–Crippen MR) is 97.1 cm³/mol. The molecule has 0 saturated carbocycles. The number of carbonyl (C=O) groups is 2.